The fourth-order valence-electron chi connectivity index (χ4n) is 1.01. The zero-order chi connectivity index (χ0) is 10.6. The number of aldehydes is 1. The van der Waals surface area contributed by atoms with Crippen molar-refractivity contribution in [2.45, 2.75) is 0 Å². The third-order valence-electron chi connectivity index (χ3n) is 1.89. The molecule has 0 aliphatic heterocycles. The number of rotatable bonds is 3. The van der Waals surface area contributed by atoms with Gasteiger partial charge in [-0.3, -0.25) is 9.59 Å². The molecule has 4 nitrogen and oxygen atoms in total. The first-order chi connectivity index (χ1) is 6.69. The predicted octanol–water partition coefficient (Wildman–Crippen LogP) is 0.857. The highest BCUT2D eigenvalue weighted by atomic mass is 16.5. The monoisotopic (exact) mass is 193 g/mol. The van der Waals surface area contributed by atoms with Crippen LogP contribution in [0.2, 0.25) is 0 Å². The van der Waals surface area contributed by atoms with Crippen molar-refractivity contribution in [2.24, 2.45) is 0 Å². The van der Waals surface area contributed by atoms with Crippen LogP contribution in [0.4, 0.5) is 5.69 Å². The number of hydrogen-bond donors (Lipinski definition) is 0. The fourth-order valence-corrected chi connectivity index (χ4v) is 1.01. The molecule has 0 fully saturated rings. The molecule has 0 aliphatic carbocycles. The molecule has 1 amide bonds. The molecule has 4 heteroatoms. The zero-order valence-electron chi connectivity index (χ0n) is 8.06. The van der Waals surface area contributed by atoms with E-state index < -0.39 is 5.91 Å². The molecular formula is C10H11NO3. The minimum absolute atomic E-state index is 0.282. The molecule has 0 heterocycles. The first-order valence-electron chi connectivity index (χ1n) is 4.06. The number of anilines is 1. The molecule has 0 unspecified atom stereocenters. The van der Waals surface area contributed by atoms with Gasteiger partial charge in [0, 0.05) is 12.7 Å². The van der Waals surface area contributed by atoms with Gasteiger partial charge in [-0.1, -0.05) is 0 Å². The van der Waals surface area contributed by atoms with E-state index in [1.165, 1.54) is 4.90 Å². The van der Waals surface area contributed by atoms with Crippen LogP contribution in [0.5, 0.6) is 5.75 Å². The lowest BCUT2D eigenvalue weighted by Crippen LogP contribution is -2.26. The van der Waals surface area contributed by atoms with Crippen LogP contribution >= 0.6 is 0 Å². The maximum absolute atomic E-state index is 11.0. The summed E-state index contributed by atoms with van der Waals surface area (Å²) in [5.41, 5.74) is 0.655. The van der Waals surface area contributed by atoms with Gasteiger partial charge in [-0.25, -0.2) is 0 Å². The Bertz CT molecular complexity index is 332. The molecular weight excluding hydrogens is 182 g/mol. The summed E-state index contributed by atoms with van der Waals surface area (Å²) in [6.45, 7) is 0. The van der Waals surface area contributed by atoms with Gasteiger partial charge in [-0.05, 0) is 24.3 Å². The number of ether oxygens (including phenoxy) is 1. The van der Waals surface area contributed by atoms with Crippen molar-refractivity contribution in [2.75, 3.05) is 19.1 Å². The number of nitrogens with zero attached hydrogens (tertiary/aromatic N) is 1. The van der Waals surface area contributed by atoms with E-state index in [0.717, 1.165) is 0 Å². The Balaban J connectivity index is 2.86. The van der Waals surface area contributed by atoms with Crippen LogP contribution in [-0.4, -0.2) is 26.4 Å². The van der Waals surface area contributed by atoms with Gasteiger partial charge in [0.2, 0.25) is 6.29 Å². The lowest BCUT2D eigenvalue weighted by atomic mass is 10.3. The molecule has 0 aliphatic rings. The normalized spacial score (nSPS) is 9.29. The van der Waals surface area contributed by atoms with E-state index >= 15 is 0 Å². The van der Waals surface area contributed by atoms with E-state index in [2.05, 4.69) is 0 Å². The fraction of sp³-hybridized carbons (Fsp3) is 0.200. The van der Waals surface area contributed by atoms with Crippen molar-refractivity contribution in [3.05, 3.63) is 24.3 Å². The van der Waals surface area contributed by atoms with Gasteiger partial charge in [-0.15, -0.1) is 0 Å². The molecule has 0 saturated heterocycles. The molecule has 1 aromatic carbocycles. The number of carbonyl (C=O) groups is 2. The smallest absolute Gasteiger partial charge is 0.290 e. The second-order valence-corrected chi connectivity index (χ2v) is 2.71. The lowest BCUT2D eigenvalue weighted by molar-refractivity contribution is -0.129. The highest BCUT2D eigenvalue weighted by Gasteiger charge is 2.08. The molecule has 0 bridgehead atoms. The van der Waals surface area contributed by atoms with Gasteiger partial charge < -0.3 is 9.64 Å². The standard InChI is InChI=1S/C10H11NO3/c1-11(10(13)7-12)8-3-5-9(14-2)6-4-8/h3-7H,1-2H3. The Morgan fingerprint density at radius 1 is 1.36 bits per heavy atom. The number of likely N-dealkylation sites (N-methyl/N-ethyl adjacent to an activating group) is 1. The van der Waals surface area contributed by atoms with Crippen molar-refractivity contribution in [3.8, 4) is 5.75 Å². The maximum atomic E-state index is 11.0. The summed E-state index contributed by atoms with van der Waals surface area (Å²) in [6, 6.07) is 6.87. The Labute approximate surface area is 82.1 Å². The summed E-state index contributed by atoms with van der Waals surface area (Å²) in [5, 5.41) is 0. The van der Waals surface area contributed by atoms with Crippen LogP contribution in [-0.2, 0) is 9.59 Å². The van der Waals surface area contributed by atoms with Crippen molar-refractivity contribution in [3.63, 3.8) is 0 Å². The van der Waals surface area contributed by atoms with Crippen molar-refractivity contribution in [1.82, 2.24) is 0 Å². The van der Waals surface area contributed by atoms with E-state index in [1.807, 2.05) is 0 Å². The summed E-state index contributed by atoms with van der Waals surface area (Å²) in [5.74, 6) is 0.135. The van der Waals surface area contributed by atoms with Gasteiger partial charge in [0.25, 0.3) is 5.91 Å². The van der Waals surface area contributed by atoms with Gasteiger partial charge in [0.1, 0.15) is 5.75 Å². The molecule has 0 aromatic heterocycles. The molecule has 0 radical (unpaired) electrons. The van der Waals surface area contributed by atoms with Crippen LogP contribution < -0.4 is 9.64 Å². The van der Waals surface area contributed by atoms with E-state index in [0.29, 0.717) is 11.4 Å². The van der Waals surface area contributed by atoms with Crippen LogP contribution in [0, 0.1) is 0 Å². The molecule has 0 N–H and O–H groups in total. The first-order valence-corrected chi connectivity index (χ1v) is 4.06. The molecule has 0 spiro atoms. The topological polar surface area (TPSA) is 46.6 Å². The lowest BCUT2D eigenvalue weighted by Gasteiger charge is -2.13. The minimum atomic E-state index is -0.574. The zero-order valence-corrected chi connectivity index (χ0v) is 8.06. The summed E-state index contributed by atoms with van der Waals surface area (Å²) in [6.07, 6.45) is 0.282. The number of hydrogen-bond acceptors (Lipinski definition) is 3. The predicted molar refractivity (Wildman–Crippen MR) is 52.5 cm³/mol. The number of methoxy groups -OCH3 is 1. The average molecular weight is 193 g/mol. The van der Waals surface area contributed by atoms with Gasteiger partial charge in [0.15, 0.2) is 0 Å². The first kappa shape index (κ1) is 10.2. The summed E-state index contributed by atoms with van der Waals surface area (Å²) in [4.78, 5) is 22.5. The average Bonchev–Trinajstić information content (AvgIpc) is 2.27. The van der Waals surface area contributed by atoms with Crippen LogP contribution in [0.15, 0.2) is 24.3 Å². The van der Waals surface area contributed by atoms with E-state index in [-0.39, 0.29) is 6.29 Å². The van der Waals surface area contributed by atoms with Crippen LogP contribution in [0.25, 0.3) is 0 Å². The third-order valence-corrected chi connectivity index (χ3v) is 1.89. The molecule has 1 rings (SSSR count). The van der Waals surface area contributed by atoms with Gasteiger partial charge >= 0.3 is 0 Å². The second kappa shape index (κ2) is 4.41. The Kier molecular flexibility index (Phi) is 3.23. The molecule has 1 aromatic rings. The van der Waals surface area contributed by atoms with Gasteiger partial charge in [0.05, 0.1) is 7.11 Å². The summed E-state index contributed by atoms with van der Waals surface area (Å²) < 4.78 is 4.96. The van der Waals surface area contributed by atoms with E-state index in [4.69, 9.17) is 4.74 Å². The van der Waals surface area contributed by atoms with Gasteiger partial charge in [-0.2, -0.15) is 0 Å². The Morgan fingerprint density at radius 3 is 2.36 bits per heavy atom. The number of amides is 1. The van der Waals surface area contributed by atoms with Crippen LogP contribution in [0.1, 0.15) is 0 Å². The SMILES string of the molecule is COc1ccc(N(C)C(=O)C=O)cc1. The Hall–Kier alpha value is -1.84. The third kappa shape index (κ3) is 2.10. The second-order valence-electron chi connectivity index (χ2n) is 2.71. The highest BCUT2D eigenvalue weighted by molar-refractivity contribution is 6.30. The molecule has 0 atom stereocenters. The molecule has 74 valence electrons. The number of benzene rings is 1. The summed E-state index contributed by atoms with van der Waals surface area (Å²) in [7, 11) is 3.10. The highest BCUT2D eigenvalue weighted by Crippen LogP contribution is 2.17. The quantitative estimate of drug-likeness (QED) is 0.528. The summed E-state index contributed by atoms with van der Waals surface area (Å²) >= 11 is 0. The van der Waals surface area contributed by atoms with Crippen molar-refractivity contribution in [1.29, 1.82) is 0 Å². The van der Waals surface area contributed by atoms with Crippen LogP contribution in [0.3, 0.4) is 0 Å². The maximum Gasteiger partial charge on any atom is 0.290 e. The molecule has 0 saturated carbocycles. The van der Waals surface area contributed by atoms with Crippen molar-refractivity contribution < 1.29 is 14.3 Å². The Morgan fingerprint density at radius 2 is 1.93 bits per heavy atom. The van der Waals surface area contributed by atoms with E-state index in [1.54, 1.807) is 38.4 Å². The van der Waals surface area contributed by atoms with E-state index in [9.17, 15) is 9.59 Å². The molecule has 14 heavy (non-hydrogen) atoms. The number of carbonyl (C=O) groups excluding carboxylic acids is 2. The minimum Gasteiger partial charge on any atom is -0.497 e. The largest absolute Gasteiger partial charge is 0.497 e. The van der Waals surface area contributed by atoms with Crippen molar-refractivity contribution >= 4 is 17.9 Å².